The van der Waals surface area contributed by atoms with Crippen LogP contribution >= 0.6 is 22.6 Å². The summed E-state index contributed by atoms with van der Waals surface area (Å²) >= 11 is 2.28. The number of hydrogen-bond acceptors (Lipinski definition) is 5. The summed E-state index contributed by atoms with van der Waals surface area (Å²) in [7, 11) is 0. The minimum Gasteiger partial charge on any atom is -0.360 e. The van der Waals surface area contributed by atoms with Crippen molar-refractivity contribution in [3.8, 4) is 0 Å². The van der Waals surface area contributed by atoms with Crippen LogP contribution in [0.3, 0.4) is 0 Å². The third-order valence-electron chi connectivity index (χ3n) is 4.30. The zero-order chi connectivity index (χ0) is 16.7. The first-order chi connectivity index (χ1) is 11.6. The highest BCUT2D eigenvalue weighted by Gasteiger charge is 2.35. The summed E-state index contributed by atoms with van der Waals surface area (Å²) in [6, 6.07) is 7.59. The molecule has 122 valence electrons. The maximum absolute atomic E-state index is 13.1. The summed E-state index contributed by atoms with van der Waals surface area (Å²) in [6.07, 6.45) is 6.79. The van der Waals surface area contributed by atoms with E-state index < -0.39 is 3.55 Å². The normalized spacial score (nSPS) is 16.8. The van der Waals surface area contributed by atoms with Crippen LogP contribution in [0.2, 0.25) is 0 Å². The SMILES string of the molecule is CC(I)(c1ccccc1C(=O)c1cnoc1C1CC1)n1cncn1. The third-order valence-corrected chi connectivity index (χ3v) is 5.38. The van der Waals surface area contributed by atoms with Crippen LogP contribution in [0.1, 0.15) is 52.9 Å². The number of aromatic nitrogens is 4. The Labute approximate surface area is 152 Å². The molecule has 4 rings (SSSR count). The molecule has 0 radical (unpaired) electrons. The fourth-order valence-electron chi connectivity index (χ4n) is 2.83. The molecule has 1 aliphatic carbocycles. The molecule has 7 heteroatoms. The molecule has 1 saturated carbocycles. The first-order valence-corrected chi connectivity index (χ1v) is 8.79. The molecule has 1 aliphatic rings. The highest BCUT2D eigenvalue weighted by molar-refractivity contribution is 14.1. The molecule has 1 atom stereocenters. The largest absolute Gasteiger partial charge is 0.360 e. The van der Waals surface area contributed by atoms with E-state index in [0.717, 1.165) is 18.4 Å². The molecule has 24 heavy (non-hydrogen) atoms. The summed E-state index contributed by atoms with van der Waals surface area (Å²) in [5.74, 6) is 0.988. The van der Waals surface area contributed by atoms with Crippen LogP contribution in [0.25, 0.3) is 0 Å². The molecule has 2 aromatic heterocycles. The number of benzene rings is 1. The predicted molar refractivity (Wildman–Crippen MR) is 95.1 cm³/mol. The second-order valence-electron chi connectivity index (χ2n) is 6.05. The molecular weight excluding hydrogens is 419 g/mol. The molecule has 0 amide bonds. The molecule has 3 aromatic rings. The van der Waals surface area contributed by atoms with Crippen molar-refractivity contribution in [1.29, 1.82) is 0 Å². The number of nitrogens with zero attached hydrogens (tertiary/aromatic N) is 4. The Kier molecular flexibility index (Phi) is 3.75. The average molecular weight is 434 g/mol. The van der Waals surface area contributed by atoms with E-state index in [1.165, 1.54) is 12.5 Å². The molecule has 0 saturated heterocycles. The summed E-state index contributed by atoms with van der Waals surface area (Å²) in [5, 5.41) is 8.09. The van der Waals surface area contributed by atoms with Gasteiger partial charge in [-0.25, -0.2) is 9.67 Å². The van der Waals surface area contributed by atoms with Gasteiger partial charge in [0.25, 0.3) is 0 Å². The van der Waals surface area contributed by atoms with Gasteiger partial charge in [0.05, 0.1) is 11.8 Å². The van der Waals surface area contributed by atoms with E-state index in [9.17, 15) is 4.79 Å². The Hall–Kier alpha value is -2.03. The van der Waals surface area contributed by atoms with Gasteiger partial charge in [-0.1, -0.05) is 29.4 Å². The van der Waals surface area contributed by atoms with Crippen molar-refractivity contribution in [1.82, 2.24) is 19.9 Å². The highest BCUT2D eigenvalue weighted by atomic mass is 127. The van der Waals surface area contributed by atoms with Crippen LogP contribution in [0.5, 0.6) is 0 Å². The Morgan fingerprint density at radius 2 is 2.12 bits per heavy atom. The van der Waals surface area contributed by atoms with Crippen LogP contribution in [-0.2, 0) is 3.55 Å². The summed E-state index contributed by atoms with van der Waals surface area (Å²) in [5.41, 5.74) is 2.08. The minimum atomic E-state index is -0.530. The van der Waals surface area contributed by atoms with Crippen molar-refractivity contribution < 1.29 is 9.32 Å². The molecule has 0 aliphatic heterocycles. The van der Waals surface area contributed by atoms with Gasteiger partial charge in [0.1, 0.15) is 16.2 Å². The van der Waals surface area contributed by atoms with E-state index >= 15 is 0 Å². The predicted octanol–water partition coefficient (Wildman–Crippen LogP) is 3.53. The van der Waals surface area contributed by atoms with Gasteiger partial charge < -0.3 is 4.52 Å². The number of carbonyl (C=O) groups excluding carboxylic acids is 1. The van der Waals surface area contributed by atoms with Gasteiger partial charge in [0.15, 0.2) is 11.5 Å². The molecule has 0 bridgehead atoms. The molecule has 6 nitrogen and oxygen atoms in total. The maximum Gasteiger partial charge on any atom is 0.198 e. The topological polar surface area (TPSA) is 73.8 Å². The van der Waals surface area contributed by atoms with Gasteiger partial charge in [-0.05, 0) is 42.4 Å². The Morgan fingerprint density at radius 3 is 2.83 bits per heavy atom. The van der Waals surface area contributed by atoms with Crippen molar-refractivity contribution in [3.63, 3.8) is 0 Å². The first kappa shape index (κ1) is 15.5. The number of carbonyl (C=O) groups is 1. The summed E-state index contributed by atoms with van der Waals surface area (Å²) < 4.78 is 6.54. The van der Waals surface area contributed by atoms with Crippen LogP contribution in [0.15, 0.2) is 47.6 Å². The second kappa shape index (κ2) is 5.80. The fraction of sp³-hybridized carbons (Fsp3) is 0.294. The molecule has 0 spiro atoms. The Bertz CT molecular complexity index is 882. The lowest BCUT2D eigenvalue weighted by molar-refractivity contribution is 0.103. The van der Waals surface area contributed by atoms with Crippen molar-refractivity contribution in [2.75, 3.05) is 0 Å². The van der Waals surface area contributed by atoms with Gasteiger partial charge in [0, 0.05) is 17.0 Å². The Morgan fingerprint density at radius 1 is 1.33 bits per heavy atom. The lowest BCUT2D eigenvalue weighted by Crippen LogP contribution is -2.27. The van der Waals surface area contributed by atoms with Gasteiger partial charge in [-0.15, -0.1) is 0 Å². The summed E-state index contributed by atoms with van der Waals surface area (Å²) in [4.78, 5) is 17.2. The number of rotatable bonds is 5. The van der Waals surface area contributed by atoms with Gasteiger partial charge in [-0.2, -0.15) is 5.10 Å². The van der Waals surface area contributed by atoms with E-state index in [4.69, 9.17) is 4.52 Å². The molecule has 0 N–H and O–H groups in total. The third kappa shape index (κ3) is 2.56. The number of alkyl halides is 1. The maximum atomic E-state index is 13.1. The zero-order valence-electron chi connectivity index (χ0n) is 13.0. The van der Waals surface area contributed by atoms with Crippen molar-refractivity contribution in [3.05, 3.63) is 65.6 Å². The quantitative estimate of drug-likeness (QED) is 0.349. The monoisotopic (exact) mass is 434 g/mol. The molecule has 1 fully saturated rings. The van der Waals surface area contributed by atoms with Crippen LogP contribution in [0.4, 0.5) is 0 Å². The standard InChI is InChI=1S/C17H15IN4O2/c1-17(18,22-10-19-9-20-22)14-5-3-2-4-12(14)15(23)13-8-21-24-16(13)11-6-7-11/h2-5,8-11H,6-7H2,1H3. The van der Waals surface area contributed by atoms with E-state index in [-0.39, 0.29) is 5.78 Å². The van der Waals surface area contributed by atoms with Crippen molar-refractivity contribution in [2.45, 2.75) is 29.2 Å². The number of hydrogen-bond donors (Lipinski definition) is 0. The molecule has 2 heterocycles. The van der Waals surface area contributed by atoms with Crippen LogP contribution < -0.4 is 0 Å². The van der Waals surface area contributed by atoms with E-state index in [0.29, 0.717) is 22.8 Å². The molecule has 1 unspecified atom stereocenters. The van der Waals surface area contributed by atoms with Crippen molar-refractivity contribution >= 4 is 28.4 Å². The van der Waals surface area contributed by atoms with E-state index in [1.54, 1.807) is 11.0 Å². The van der Waals surface area contributed by atoms with Gasteiger partial charge in [0.2, 0.25) is 0 Å². The van der Waals surface area contributed by atoms with Gasteiger partial charge in [-0.3, -0.25) is 4.79 Å². The lowest BCUT2D eigenvalue weighted by Gasteiger charge is -2.25. The number of ketones is 1. The number of halogens is 1. The summed E-state index contributed by atoms with van der Waals surface area (Å²) in [6.45, 7) is 2.00. The van der Waals surface area contributed by atoms with Crippen LogP contribution in [0, 0.1) is 0 Å². The van der Waals surface area contributed by atoms with Gasteiger partial charge >= 0.3 is 0 Å². The molecular formula is C17H15IN4O2. The van der Waals surface area contributed by atoms with E-state index in [1.807, 2.05) is 31.2 Å². The second-order valence-corrected chi connectivity index (χ2v) is 8.15. The Balaban J connectivity index is 1.79. The average Bonchev–Trinajstić information content (AvgIpc) is 3.09. The zero-order valence-corrected chi connectivity index (χ0v) is 15.2. The lowest BCUT2D eigenvalue weighted by atomic mass is 9.94. The first-order valence-electron chi connectivity index (χ1n) is 7.72. The fourth-order valence-corrected chi connectivity index (χ4v) is 3.55. The molecule has 1 aromatic carbocycles. The highest BCUT2D eigenvalue weighted by Crippen LogP contribution is 2.42. The smallest absolute Gasteiger partial charge is 0.198 e. The van der Waals surface area contributed by atoms with E-state index in [2.05, 4.69) is 37.8 Å². The minimum absolute atomic E-state index is 0.0586. The van der Waals surface area contributed by atoms with Crippen LogP contribution in [-0.4, -0.2) is 25.7 Å². The van der Waals surface area contributed by atoms with Crippen molar-refractivity contribution in [2.24, 2.45) is 0 Å².